The van der Waals surface area contributed by atoms with Crippen molar-refractivity contribution < 1.29 is 9.90 Å². The Morgan fingerprint density at radius 3 is 2.57 bits per heavy atom. The zero-order chi connectivity index (χ0) is 10.8. The minimum Gasteiger partial charge on any atom is -0.478 e. The normalized spacial score (nSPS) is 31.1. The van der Waals surface area contributed by atoms with Gasteiger partial charge in [-0.1, -0.05) is 26.8 Å². The van der Waals surface area contributed by atoms with Gasteiger partial charge < -0.3 is 5.11 Å². The van der Waals surface area contributed by atoms with Crippen LogP contribution in [0.3, 0.4) is 0 Å². The number of rotatable bonds is 3. The minimum absolute atomic E-state index is 0.364. The average Bonchev–Trinajstić information content (AvgIpc) is 2.30. The number of aliphatic carboxylic acids is 1. The summed E-state index contributed by atoms with van der Waals surface area (Å²) in [5, 5.41) is 8.48. The lowest BCUT2D eigenvalue weighted by atomic mass is 9.75. The van der Waals surface area contributed by atoms with Gasteiger partial charge in [-0.15, -0.1) is 0 Å². The van der Waals surface area contributed by atoms with Crippen LogP contribution >= 0.6 is 0 Å². The standard InChI is InChI=1S/C12H20O2/c1-9-7-8-10(12(9,2)3)5-4-6-11(13)14/h4,6,9-10H,5,7-8H2,1-3H3,(H,13,14). The number of hydrogen-bond acceptors (Lipinski definition) is 1. The molecule has 1 aliphatic rings. The van der Waals surface area contributed by atoms with Gasteiger partial charge in [0, 0.05) is 6.08 Å². The van der Waals surface area contributed by atoms with Crippen LogP contribution < -0.4 is 0 Å². The maximum atomic E-state index is 10.3. The maximum Gasteiger partial charge on any atom is 0.327 e. The van der Waals surface area contributed by atoms with Crippen molar-refractivity contribution in [3.8, 4) is 0 Å². The van der Waals surface area contributed by atoms with E-state index in [-0.39, 0.29) is 0 Å². The van der Waals surface area contributed by atoms with Crippen molar-refractivity contribution in [3.05, 3.63) is 12.2 Å². The van der Waals surface area contributed by atoms with Crippen LogP contribution in [0.4, 0.5) is 0 Å². The third-order valence-corrected chi connectivity index (χ3v) is 3.95. The molecule has 0 aliphatic heterocycles. The highest BCUT2D eigenvalue weighted by Gasteiger charge is 2.39. The summed E-state index contributed by atoms with van der Waals surface area (Å²) in [6, 6.07) is 0. The van der Waals surface area contributed by atoms with E-state index in [1.165, 1.54) is 18.9 Å². The first-order chi connectivity index (χ1) is 6.44. The molecule has 0 heterocycles. The second-order valence-electron chi connectivity index (χ2n) is 4.97. The molecule has 2 unspecified atom stereocenters. The van der Waals surface area contributed by atoms with E-state index >= 15 is 0 Å². The Morgan fingerprint density at radius 2 is 2.14 bits per heavy atom. The van der Waals surface area contributed by atoms with Crippen molar-refractivity contribution in [1.82, 2.24) is 0 Å². The Labute approximate surface area is 86.0 Å². The third kappa shape index (κ3) is 2.37. The molecule has 0 aromatic heterocycles. The van der Waals surface area contributed by atoms with E-state index in [0.717, 1.165) is 12.3 Å². The van der Waals surface area contributed by atoms with Crippen molar-refractivity contribution >= 4 is 5.97 Å². The third-order valence-electron chi connectivity index (χ3n) is 3.95. The van der Waals surface area contributed by atoms with Gasteiger partial charge in [0.05, 0.1) is 0 Å². The number of carboxylic acids is 1. The zero-order valence-electron chi connectivity index (χ0n) is 9.29. The Morgan fingerprint density at radius 1 is 1.50 bits per heavy atom. The van der Waals surface area contributed by atoms with E-state index in [2.05, 4.69) is 20.8 Å². The van der Waals surface area contributed by atoms with Gasteiger partial charge in [0.15, 0.2) is 0 Å². The molecule has 2 nitrogen and oxygen atoms in total. The molecule has 0 saturated heterocycles. The van der Waals surface area contributed by atoms with Crippen LogP contribution in [0.1, 0.15) is 40.0 Å². The molecule has 1 saturated carbocycles. The van der Waals surface area contributed by atoms with Crippen LogP contribution in [0.25, 0.3) is 0 Å². The van der Waals surface area contributed by atoms with Crippen LogP contribution in [0.5, 0.6) is 0 Å². The predicted octanol–water partition coefficient (Wildman–Crippen LogP) is 3.09. The molecule has 0 amide bonds. The van der Waals surface area contributed by atoms with Crippen LogP contribution in [-0.4, -0.2) is 11.1 Å². The number of hydrogen-bond donors (Lipinski definition) is 1. The summed E-state index contributed by atoms with van der Waals surface area (Å²) >= 11 is 0. The molecule has 2 heteroatoms. The highest BCUT2D eigenvalue weighted by Crippen LogP contribution is 2.48. The molecule has 0 aromatic carbocycles. The summed E-state index contributed by atoms with van der Waals surface area (Å²) in [7, 11) is 0. The quantitative estimate of drug-likeness (QED) is 0.704. The lowest BCUT2D eigenvalue weighted by Gasteiger charge is -2.30. The monoisotopic (exact) mass is 196 g/mol. The number of allylic oxidation sites excluding steroid dienone is 1. The number of carboxylic acid groups (broad SMARTS) is 1. The first kappa shape index (κ1) is 11.3. The molecular weight excluding hydrogens is 176 g/mol. The first-order valence-corrected chi connectivity index (χ1v) is 5.34. The van der Waals surface area contributed by atoms with Gasteiger partial charge in [0.25, 0.3) is 0 Å². The Balaban J connectivity index is 2.50. The van der Waals surface area contributed by atoms with E-state index in [1.807, 2.05) is 0 Å². The summed E-state index contributed by atoms with van der Waals surface area (Å²) in [6.45, 7) is 6.88. The van der Waals surface area contributed by atoms with E-state index in [4.69, 9.17) is 5.11 Å². The molecule has 0 bridgehead atoms. The van der Waals surface area contributed by atoms with E-state index in [0.29, 0.717) is 11.3 Å². The lowest BCUT2D eigenvalue weighted by Crippen LogP contribution is -2.22. The van der Waals surface area contributed by atoms with Crippen LogP contribution in [0.15, 0.2) is 12.2 Å². The first-order valence-electron chi connectivity index (χ1n) is 5.34. The molecule has 2 atom stereocenters. The fourth-order valence-electron chi connectivity index (χ4n) is 2.35. The van der Waals surface area contributed by atoms with Crippen LogP contribution in [-0.2, 0) is 4.79 Å². The average molecular weight is 196 g/mol. The fraction of sp³-hybridized carbons (Fsp3) is 0.750. The topological polar surface area (TPSA) is 37.3 Å². The predicted molar refractivity (Wildman–Crippen MR) is 57.1 cm³/mol. The van der Waals surface area contributed by atoms with E-state index in [9.17, 15) is 4.79 Å². The van der Waals surface area contributed by atoms with Gasteiger partial charge in [-0.25, -0.2) is 4.79 Å². The molecule has 1 rings (SSSR count). The van der Waals surface area contributed by atoms with Gasteiger partial charge in [-0.2, -0.15) is 0 Å². The summed E-state index contributed by atoms with van der Waals surface area (Å²) < 4.78 is 0. The molecule has 14 heavy (non-hydrogen) atoms. The minimum atomic E-state index is -0.839. The highest BCUT2D eigenvalue weighted by atomic mass is 16.4. The molecule has 80 valence electrons. The molecule has 1 fully saturated rings. The second-order valence-corrected chi connectivity index (χ2v) is 4.97. The highest BCUT2D eigenvalue weighted by molar-refractivity contribution is 5.79. The molecule has 0 aromatic rings. The molecule has 0 spiro atoms. The Bertz CT molecular complexity index is 241. The maximum absolute atomic E-state index is 10.3. The van der Waals surface area contributed by atoms with Crippen LogP contribution in [0, 0.1) is 17.3 Å². The molecule has 0 radical (unpaired) electrons. The Kier molecular flexibility index (Phi) is 3.35. The summed E-state index contributed by atoms with van der Waals surface area (Å²) in [5.74, 6) is 0.563. The van der Waals surface area contributed by atoms with Crippen molar-refractivity contribution in [2.75, 3.05) is 0 Å². The van der Waals surface area contributed by atoms with Crippen molar-refractivity contribution in [2.45, 2.75) is 40.0 Å². The van der Waals surface area contributed by atoms with Gasteiger partial charge in [-0.05, 0) is 36.5 Å². The molecular formula is C12H20O2. The summed E-state index contributed by atoms with van der Waals surface area (Å²) in [5.41, 5.74) is 0.364. The second kappa shape index (κ2) is 4.16. The SMILES string of the molecule is CC1CCC(CC=CC(=O)O)C1(C)C. The zero-order valence-corrected chi connectivity index (χ0v) is 9.29. The lowest BCUT2D eigenvalue weighted by molar-refractivity contribution is -0.131. The smallest absolute Gasteiger partial charge is 0.327 e. The van der Waals surface area contributed by atoms with Crippen molar-refractivity contribution in [1.29, 1.82) is 0 Å². The van der Waals surface area contributed by atoms with Gasteiger partial charge in [0.1, 0.15) is 0 Å². The number of carbonyl (C=O) groups is 1. The summed E-state index contributed by atoms with van der Waals surface area (Å²) in [6.07, 6.45) is 6.48. The van der Waals surface area contributed by atoms with Gasteiger partial charge in [0.2, 0.25) is 0 Å². The van der Waals surface area contributed by atoms with Gasteiger partial charge >= 0.3 is 5.97 Å². The van der Waals surface area contributed by atoms with Crippen molar-refractivity contribution in [3.63, 3.8) is 0 Å². The Hall–Kier alpha value is -0.790. The fourth-order valence-corrected chi connectivity index (χ4v) is 2.35. The van der Waals surface area contributed by atoms with Crippen molar-refractivity contribution in [2.24, 2.45) is 17.3 Å². The summed E-state index contributed by atoms with van der Waals surface area (Å²) in [4.78, 5) is 10.3. The van der Waals surface area contributed by atoms with Gasteiger partial charge in [-0.3, -0.25) is 0 Å². The molecule has 1 aliphatic carbocycles. The van der Waals surface area contributed by atoms with E-state index < -0.39 is 5.97 Å². The largest absolute Gasteiger partial charge is 0.478 e. The van der Waals surface area contributed by atoms with E-state index in [1.54, 1.807) is 6.08 Å². The van der Waals surface area contributed by atoms with Crippen LogP contribution in [0.2, 0.25) is 0 Å². The molecule has 1 N–H and O–H groups in total.